The van der Waals surface area contributed by atoms with Crippen LogP contribution >= 0.6 is 11.3 Å². The summed E-state index contributed by atoms with van der Waals surface area (Å²) >= 11 is 1.42. The summed E-state index contributed by atoms with van der Waals surface area (Å²) in [5.74, 6) is -0.191. The van der Waals surface area contributed by atoms with E-state index in [0.29, 0.717) is 41.9 Å². The molecule has 3 N–H and O–H groups in total. The average molecular weight is 554 g/mol. The molecule has 0 atom stereocenters. The normalized spacial score (nSPS) is 10.8. The average Bonchev–Trinajstić information content (AvgIpc) is 3.34. The smallest absolute Gasteiger partial charge is 0.338 e. The Kier molecular flexibility index (Phi) is 8.26. The number of anilines is 4. The van der Waals surface area contributed by atoms with E-state index in [1.54, 1.807) is 25.1 Å². The number of carboxylic acids is 1. The fourth-order valence-corrected chi connectivity index (χ4v) is 4.99. The molecule has 40 heavy (non-hydrogen) atoms. The van der Waals surface area contributed by atoms with Crippen molar-refractivity contribution in [3.8, 4) is 0 Å². The molecule has 0 amide bonds. The molecule has 0 fully saturated rings. The van der Waals surface area contributed by atoms with Crippen molar-refractivity contribution >= 4 is 56.1 Å². The van der Waals surface area contributed by atoms with E-state index in [9.17, 15) is 9.59 Å². The van der Waals surface area contributed by atoms with Gasteiger partial charge in [-0.3, -0.25) is 4.79 Å². The van der Waals surface area contributed by atoms with Gasteiger partial charge in [-0.05, 0) is 54.8 Å². The number of hydrogen-bond donors (Lipinski definition) is 3. The number of rotatable bonds is 11. The van der Waals surface area contributed by atoms with Crippen LogP contribution in [0.1, 0.15) is 40.5 Å². The fraction of sp³-hybridized carbons (Fsp3) is 0.167. The molecule has 0 saturated carbocycles. The first-order valence-electron chi connectivity index (χ1n) is 12.8. The van der Waals surface area contributed by atoms with Crippen molar-refractivity contribution in [1.29, 1.82) is 0 Å². The third kappa shape index (κ3) is 6.97. The molecule has 3 aromatic carbocycles. The van der Waals surface area contributed by atoms with Gasteiger partial charge in [0.05, 0.1) is 28.1 Å². The molecular formula is C30H27N5O4S. The number of carbonyl (C=O) groups excluding carboxylic acids is 1. The van der Waals surface area contributed by atoms with Gasteiger partial charge in [-0.2, -0.15) is 4.98 Å². The quantitative estimate of drug-likeness (QED) is 0.160. The van der Waals surface area contributed by atoms with Gasteiger partial charge in [-0.15, -0.1) is 0 Å². The number of nitrogens with one attached hydrogen (secondary N) is 2. The van der Waals surface area contributed by atoms with Crippen molar-refractivity contribution in [2.45, 2.75) is 26.2 Å². The maximum Gasteiger partial charge on any atom is 0.338 e. The van der Waals surface area contributed by atoms with Crippen LogP contribution in [0.3, 0.4) is 0 Å². The van der Waals surface area contributed by atoms with Crippen LogP contribution in [0.25, 0.3) is 10.2 Å². The molecule has 2 aromatic heterocycles. The highest BCUT2D eigenvalue weighted by molar-refractivity contribution is 7.22. The molecule has 2 heterocycles. The number of aliphatic carboxylic acids is 1. The number of benzene rings is 3. The lowest BCUT2D eigenvalue weighted by Gasteiger charge is -2.11. The third-order valence-corrected chi connectivity index (χ3v) is 6.91. The van der Waals surface area contributed by atoms with E-state index in [0.717, 1.165) is 32.7 Å². The second kappa shape index (κ2) is 12.4. The van der Waals surface area contributed by atoms with Crippen LogP contribution in [0.4, 0.5) is 22.6 Å². The van der Waals surface area contributed by atoms with Crippen molar-refractivity contribution in [3.63, 3.8) is 0 Å². The van der Waals surface area contributed by atoms with Gasteiger partial charge in [0, 0.05) is 24.6 Å². The van der Waals surface area contributed by atoms with Crippen LogP contribution < -0.4 is 10.6 Å². The SMILES string of the molecule is CCOC(=O)c1ccc2nc(Nc3cc(Cc4ccccc4)nc(Nc4ccc(CCC(=O)O)cc4)n3)sc2c1. The van der Waals surface area contributed by atoms with Gasteiger partial charge in [-0.1, -0.05) is 53.8 Å². The highest BCUT2D eigenvalue weighted by Crippen LogP contribution is 2.30. The number of hydrogen-bond acceptors (Lipinski definition) is 9. The highest BCUT2D eigenvalue weighted by Gasteiger charge is 2.13. The van der Waals surface area contributed by atoms with Crippen molar-refractivity contribution in [3.05, 3.63) is 101 Å². The monoisotopic (exact) mass is 553 g/mol. The van der Waals surface area contributed by atoms with Gasteiger partial charge < -0.3 is 20.5 Å². The summed E-state index contributed by atoms with van der Waals surface area (Å²) in [6.07, 6.45) is 1.17. The summed E-state index contributed by atoms with van der Waals surface area (Å²) in [7, 11) is 0. The molecule has 0 aliphatic rings. The zero-order valence-corrected chi connectivity index (χ0v) is 22.6. The number of nitrogens with zero attached hydrogens (tertiary/aromatic N) is 3. The highest BCUT2D eigenvalue weighted by atomic mass is 32.1. The van der Waals surface area contributed by atoms with Gasteiger partial charge in [0.15, 0.2) is 5.13 Å². The summed E-state index contributed by atoms with van der Waals surface area (Å²) in [6, 6.07) is 24.8. The van der Waals surface area contributed by atoms with Crippen LogP contribution in [-0.4, -0.2) is 38.6 Å². The summed E-state index contributed by atoms with van der Waals surface area (Å²) in [5.41, 5.74) is 4.91. The van der Waals surface area contributed by atoms with Crippen LogP contribution in [-0.2, 0) is 22.4 Å². The number of carbonyl (C=O) groups is 2. The molecule has 10 heteroatoms. The number of fused-ring (bicyclic) bond motifs is 1. The minimum atomic E-state index is -0.821. The van der Waals surface area contributed by atoms with Gasteiger partial charge in [0.1, 0.15) is 5.82 Å². The standard InChI is InChI=1S/C30H27N5O4S/c1-2-39-28(38)21-11-14-24-25(17-21)40-30(33-24)35-26-18-23(16-20-6-4-3-5-7-20)32-29(34-26)31-22-12-8-19(9-13-22)10-15-27(36)37/h3-9,11-14,17-18H,2,10,15-16H2,1H3,(H,36,37)(H2,31,32,33,34,35). The number of carboxylic acid groups (broad SMARTS) is 1. The Labute approximate surface area is 234 Å². The van der Waals surface area contributed by atoms with E-state index in [1.807, 2.05) is 60.7 Å². The van der Waals surface area contributed by atoms with Crippen LogP contribution in [0.15, 0.2) is 78.9 Å². The van der Waals surface area contributed by atoms with Gasteiger partial charge in [-0.25, -0.2) is 14.8 Å². The maximum atomic E-state index is 12.1. The first-order valence-corrected chi connectivity index (χ1v) is 13.6. The molecule has 5 rings (SSSR count). The second-order valence-corrected chi connectivity index (χ2v) is 10.0. The first kappa shape index (κ1) is 26.8. The Bertz CT molecular complexity index is 1640. The van der Waals surface area contributed by atoms with E-state index >= 15 is 0 Å². The summed E-state index contributed by atoms with van der Waals surface area (Å²) in [4.78, 5) is 37.1. The van der Waals surface area contributed by atoms with Crippen LogP contribution in [0.5, 0.6) is 0 Å². The lowest BCUT2D eigenvalue weighted by Crippen LogP contribution is -2.05. The summed E-state index contributed by atoms with van der Waals surface area (Å²) in [5, 5.41) is 16.1. The lowest BCUT2D eigenvalue weighted by molar-refractivity contribution is -0.136. The second-order valence-electron chi connectivity index (χ2n) is 8.99. The third-order valence-electron chi connectivity index (χ3n) is 5.98. The Morgan fingerprint density at radius 3 is 2.45 bits per heavy atom. The lowest BCUT2D eigenvalue weighted by atomic mass is 10.1. The Morgan fingerprint density at radius 2 is 1.70 bits per heavy atom. The molecule has 9 nitrogen and oxygen atoms in total. The zero-order chi connectivity index (χ0) is 27.9. The Morgan fingerprint density at radius 1 is 0.900 bits per heavy atom. The van der Waals surface area contributed by atoms with Gasteiger partial charge >= 0.3 is 11.9 Å². The summed E-state index contributed by atoms with van der Waals surface area (Å²) in [6.45, 7) is 2.09. The molecule has 0 radical (unpaired) electrons. The van der Waals surface area contributed by atoms with Crippen molar-refractivity contribution in [1.82, 2.24) is 15.0 Å². The van der Waals surface area contributed by atoms with Gasteiger partial charge in [0.25, 0.3) is 0 Å². The van der Waals surface area contributed by atoms with Crippen molar-refractivity contribution < 1.29 is 19.4 Å². The molecule has 0 aliphatic carbocycles. The fourth-order valence-electron chi connectivity index (χ4n) is 4.08. The van der Waals surface area contributed by atoms with E-state index in [-0.39, 0.29) is 12.4 Å². The zero-order valence-electron chi connectivity index (χ0n) is 21.8. The number of thiazole rings is 1. The predicted molar refractivity (Wildman–Crippen MR) is 156 cm³/mol. The topological polar surface area (TPSA) is 126 Å². The van der Waals surface area contributed by atoms with E-state index in [1.165, 1.54) is 11.3 Å². The number of esters is 1. The number of ether oxygens (including phenoxy) is 1. The predicted octanol–water partition coefficient (Wildman–Crippen LogP) is 6.36. The van der Waals surface area contributed by atoms with Crippen LogP contribution in [0.2, 0.25) is 0 Å². The largest absolute Gasteiger partial charge is 0.481 e. The molecule has 0 aliphatic heterocycles. The van der Waals surface area contributed by atoms with Gasteiger partial charge in [0.2, 0.25) is 5.95 Å². The Hall–Kier alpha value is -4.83. The van der Waals surface area contributed by atoms with E-state index in [2.05, 4.69) is 20.6 Å². The molecule has 0 saturated heterocycles. The molecule has 0 bridgehead atoms. The summed E-state index contributed by atoms with van der Waals surface area (Å²) < 4.78 is 5.97. The Balaban J connectivity index is 1.40. The molecular weight excluding hydrogens is 526 g/mol. The van der Waals surface area contributed by atoms with E-state index < -0.39 is 5.97 Å². The first-order chi connectivity index (χ1) is 19.4. The van der Waals surface area contributed by atoms with Crippen LogP contribution in [0, 0.1) is 0 Å². The maximum absolute atomic E-state index is 12.1. The minimum absolute atomic E-state index is 0.0857. The number of aromatic nitrogens is 3. The molecule has 0 unspecified atom stereocenters. The molecule has 0 spiro atoms. The number of aryl methyl sites for hydroxylation is 1. The molecule has 5 aromatic rings. The van der Waals surface area contributed by atoms with Crippen molar-refractivity contribution in [2.75, 3.05) is 17.2 Å². The van der Waals surface area contributed by atoms with Crippen molar-refractivity contribution in [2.24, 2.45) is 0 Å². The molecule has 202 valence electrons. The minimum Gasteiger partial charge on any atom is -0.481 e. The van der Waals surface area contributed by atoms with E-state index in [4.69, 9.17) is 14.8 Å².